The molecule has 0 aliphatic carbocycles. The quantitative estimate of drug-likeness (QED) is 0.0380. The van der Waals surface area contributed by atoms with Crippen molar-refractivity contribution in [1.82, 2.24) is 5.32 Å². The van der Waals surface area contributed by atoms with Crippen LogP contribution in [0.25, 0.3) is 0 Å². The number of carboxylic acid groups (broad SMARTS) is 1. The SMILES string of the molecule is CC/C=C\C/C=C\C/C=C\C/C=C\CCCCC(CCCCCCCC(=O)NCC(=O)O)OC(=O)CCCCCCC/C=C\CCCCCCC. The van der Waals surface area contributed by atoms with Crippen LogP contribution >= 0.6 is 0 Å². The van der Waals surface area contributed by atoms with E-state index < -0.39 is 5.97 Å². The number of aliphatic carboxylic acids is 1. The van der Waals surface area contributed by atoms with E-state index in [1.807, 2.05) is 0 Å². The van der Waals surface area contributed by atoms with E-state index >= 15 is 0 Å². The molecule has 0 spiro atoms. The summed E-state index contributed by atoms with van der Waals surface area (Å²) in [6.45, 7) is 4.09. The molecule has 6 nitrogen and oxygen atoms in total. The molecule has 0 bridgehead atoms. The molecule has 0 aliphatic heterocycles. The molecule has 2 N–H and O–H groups in total. The van der Waals surface area contributed by atoms with Gasteiger partial charge in [0.15, 0.2) is 0 Å². The average molecular weight is 712 g/mol. The summed E-state index contributed by atoms with van der Waals surface area (Å²) in [5.41, 5.74) is 0. The molecule has 0 heterocycles. The molecule has 1 atom stereocenters. The van der Waals surface area contributed by atoms with E-state index in [0.29, 0.717) is 12.8 Å². The number of esters is 1. The second-order valence-corrected chi connectivity index (χ2v) is 13.9. The van der Waals surface area contributed by atoms with Crippen LogP contribution < -0.4 is 5.32 Å². The molecule has 292 valence electrons. The first-order valence-electron chi connectivity index (χ1n) is 20.9. The maximum atomic E-state index is 12.7. The van der Waals surface area contributed by atoms with Crippen LogP contribution in [0.5, 0.6) is 0 Å². The van der Waals surface area contributed by atoms with E-state index in [0.717, 1.165) is 103 Å². The molecule has 0 radical (unpaired) electrons. The van der Waals surface area contributed by atoms with Crippen molar-refractivity contribution in [3.05, 3.63) is 60.8 Å². The van der Waals surface area contributed by atoms with E-state index in [2.05, 4.69) is 79.9 Å². The molecule has 1 amide bonds. The Kier molecular flexibility index (Phi) is 37.6. The Morgan fingerprint density at radius 1 is 0.529 bits per heavy atom. The fraction of sp³-hybridized carbons (Fsp3) is 0.711. The Bertz CT molecular complexity index is 964. The number of carboxylic acids is 1. The lowest BCUT2D eigenvalue weighted by Crippen LogP contribution is -2.28. The minimum atomic E-state index is -1.02. The van der Waals surface area contributed by atoms with Crippen molar-refractivity contribution in [3.63, 3.8) is 0 Å². The van der Waals surface area contributed by atoms with Gasteiger partial charge in [0.05, 0.1) is 0 Å². The number of hydrogen-bond donors (Lipinski definition) is 2. The topological polar surface area (TPSA) is 92.7 Å². The highest BCUT2D eigenvalue weighted by Gasteiger charge is 2.14. The summed E-state index contributed by atoms with van der Waals surface area (Å²) in [4.78, 5) is 35.0. The van der Waals surface area contributed by atoms with Crippen LogP contribution in [0.15, 0.2) is 60.8 Å². The first kappa shape index (κ1) is 48.1. The number of carbonyl (C=O) groups is 3. The number of hydrogen-bond acceptors (Lipinski definition) is 4. The predicted molar refractivity (Wildman–Crippen MR) is 217 cm³/mol. The maximum absolute atomic E-state index is 12.7. The molecule has 51 heavy (non-hydrogen) atoms. The fourth-order valence-electron chi connectivity index (χ4n) is 5.85. The van der Waals surface area contributed by atoms with Crippen molar-refractivity contribution < 1.29 is 24.2 Å². The van der Waals surface area contributed by atoms with Gasteiger partial charge in [-0.25, -0.2) is 0 Å². The number of carbonyl (C=O) groups excluding carboxylic acids is 2. The highest BCUT2D eigenvalue weighted by molar-refractivity contribution is 5.80. The molecule has 0 fully saturated rings. The molecule has 0 aliphatic rings. The van der Waals surface area contributed by atoms with E-state index in [1.165, 1.54) is 64.2 Å². The molecule has 0 saturated heterocycles. The lowest BCUT2D eigenvalue weighted by molar-refractivity contribution is -0.150. The van der Waals surface area contributed by atoms with Gasteiger partial charge in [0.2, 0.25) is 5.91 Å². The van der Waals surface area contributed by atoms with Crippen molar-refractivity contribution in [2.75, 3.05) is 6.54 Å². The number of amides is 1. The van der Waals surface area contributed by atoms with E-state index in [4.69, 9.17) is 9.84 Å². The standard InChI is InChI=1S/C45H77NO5/c1-3-5-7-9-11-13-15-17-19-20-22-24-26-29-33-37-42(38-34-30-28-31-35-39-43(47)46-41-44(48)49)51-45(50)40-36-32-27-25-23-21-18-16-14-12-10-8-6-4-2/h5,7,11,13,16-19,22,24,42H,3-4,6,8-10,12,14-15,20-21,23,25-41H2,1-2H3,(H,46,47)(H,48,49)/b7-5-,13-11-,18-16-,19-17-,24-22-. The van der Waals surface area contributed by atoms with Crippen molar-refractivity contribution in [3.8, 4) is 0 Å². The summed E-state index contributed by atoms with van der Waals surface area (Å²) in [5.74, 6) is -1.27. The zero-order valence-electron chi connectivity index (χ0n) is 32.9. The van der Waals surface area contributed by atoms with E-state index in [-0.39, 0.29) is 24.5 Å². The highest BCUT2D eigenvalue weighted by atomic mass is 16.5. The Morgan fingerprint density at radius 3 is 1.53 bits per heavy atom. The van der Waals surface area contributed by atoms with Gasteiger partial charge in [0, 0.05) is 12.8 Å². The molecule has 1 unspecified atom stereocenters. The summed E-state index contributed by atoms with van der Waals surface area (Å²) >= 11 is 0. The van der Waals surface area contributed by atoms with Gasteiger partial charge in [0.1, 0.15) is 12.6 Å². The van der Waals surface area contributed by atoms with Gasteiger partial charge in [0.25, 0.3) is 0 Å². The molecule has 0 saturated carbocycles. The summed E-state index contributed by atoms with van der Waals surface area (Å²) in [5, 5.41) is 11.1. The van der Waals surface area contributed by atoms with Crippen LogP contribution in [-0.2, 0) is 19.1 Å². The minimum absolute atomic E-state index is 0.0184. The van der Waals surface area contributed by atoms with Gasteiger partial charge >= 0.3 is 11.9 Å². The van der Waals surface area contributed by atoms with Crippen LogP contribution in [-0.4, -0.2) is 35.6 Å². The molecule has 0 aromatic heterocycles. The first-order chi connectivity index (χ1) is 25.0. The Hall–Kier alpha value is -2.89. The van der Waals surface area contributed by atoms with Gasteiger partial charge < -0.3 is 15.2 Å². The predicted octanol–water partition coefficient (Wildman–Crippen LogP) is 12.8. The van der Waals surface area contributed by atoms with Crippen molar-refractivity contribution in [2.24, 2.45) is 0 Å². The zero-order valence-corrected chi connectivity index (χ0v) is 32.9. The lowest BCUT2D eigenvalue weighted by Gasteiger charge is -2.18. The van der Waals surface area contributed by atoms with Gasteiger partial charge in [-0.05, 0) is 103 Å². The first-order valence-corrected chi connectivity index (χ1v) is 20.9. The second-order valence-electron chi connectivity index (χ2n) is 13.9. The zero-order chi connectivity index (χ0) is 37.3. The summed E-state index contributed by atoms with van der Waals surface area (Å²) in [7, 11) is 0. The van der Waals surface area contributed by atoms with Crippen LogP contribution in [0.3, 0.4) is 0 Å². The van der Waals surface area contributed by atoms with Gasteiger partial charge in [-0.1, -0.05) is 139 Å². The third-order valence-electron chi connectivity index (χ3n) is 8.92. The summed E-state index contributed by atoms with van der Waals surface area (Å²) in [6.07, 6.45) is 51.9. The van der Waals surface area contributed by atoms with Crippen molar-refractivity contribution >= 4 is 17.8 Å². The van der Waals surface area contributed by atoms with E-state index in [9.17, 15) is 14.4 Å². The Balaban J connectivity index is 4.31. The minimum Gasteiger partial charge on any atom is -0.480 e. The van der Waals surface area contributed by atoms with Crippen molar-refractivity contribution in [2.45, 2.75) is 200 Å². The Labute approximate surface area is 313 Å². The molecule has 0 rings (SSSR count). The number of nitrogens with one attached hydrogen (secondary N) is 1. The third kappa shape index (κ3) is 39.7. The molecule has 0 aromatic rings. The summed E-state index contributed by atoms with van der Waals surface area (Å²) in [6, 6.07) is 0. The lowest BCUT2D eigenvalue weighted by atomic mass is 10.0. The van der Waals surface area contributed by atoms with Crippen LogP contribution in [0, 0.1) is 0 Å². The largest absolute Gasteiger partial charge is 0.480 e. The maximum Gasteiger partial charge on any atom is 0.322 e. The smallest absolute Gasteiger partial charge is 0.322 e. The molecular formula is C45H77NO5. The van der Waals surface area contributed by atoms with Gasteiger partial charge in [-0.2, -0.15) is 0 Å². The number of allylic oxidation sites excluding steroid dienone is 10. The van der Waals surface area contributed by atoms with Gasteiger partial charge in [-0.15, -0.1) is 0 Å². The third-order valence-corrected chi connectivity index (χ3v) is 8.92. The fourth-order valence-corrected chi connectivity index (χ4v) is 5.85. The molecule has 6 heteroatoms. The highest BCUT2D eigenvalue weighted by Crippen LogP contribution is 2.18. The van der Waals surface area contributed by atoms with E-state index in [1.54, 1.807) is 0 Å². The van der Waals surface area contributed by atoms with Crippen LogP contribution in [0.4, 0.5) is 0 Å². The summed E-state index contributed by atoms with van der Waals surface area (Å²) < 4.78 is 6.00. The van der Waals surface area contributed by atoms with Gasteiger partial charge in [-0.3, -0.25) is 14.4 Å². The van der Waals surface area contributed by atoms with Crippen LogP contribution in [0.1, 0.15) is 194 Å². The number of rotatable bonds is 37. The average Bonchev–Trinajstić information content (AvgIpc) is 3.11. The van der Waals surface area contributed by atoms with Crippen LogP contribution in [0.2, 0.25) is 0 Å². The van der Waals surface area contributed by atoms with Crippen molar-refractivity contribution in [1.29, 1.82) is 0 Å². The monoisotopic (exact) mass is 712 g/mol. The number of unbranched alkanes of at least 4 members (excludes halogenated alkanes) is 16. The number of ether oxygens (including phenoxy) is 1. The molecule has 0 aromatic carbocycles. The molecular weight excluding hydrogens is 634 g/mol. The Morgan fingerprint density at radius 2 is 0.961 bits per heavy atom. The normalized spacial score (nSPS) is 12.7. The second kappa shape index (κ2) is 39.9.